The molecule has 3 aliphatic rings. The van der Waals surface area contributed by atoms with Crippen molar-refractivity contribution in [1.82, 2.24) is 0 Å². The fraction of sp³-hybridized carbons (Fsp3) is 1.00. The maximum absolute atomic E-state index is 2.49. The molecule has 0 aliphatic heterocycles. The Morgan fingerprint density at radius 1 is 0.345 bits per heavy atom. The molecule has 29 heavy (non-hydrogen) atoms. The molecule has 3 aliphatic carbocycles. The molecule has 0 heterocycles. The summed E-state index contributed by atoms with van der Waals surface area (Å²) in [5.74, 6) is 5.36. The van der Waals surface area contributed by atoms with Crippen molar-refractivity contribution >= 4 is 0 Å². The van der Waals surface area contributed by atoms with Crippen LogP contribution in [0.3, 0.4) is 0 Å². The lowest BCUT2D eigenvalue weighted by Gasteiger charge is -2.37. The van der Waals surface area contributed by atoms with Gasteiger partial charge in [0.15, 0.2) is 0 Å². The van der Waals surface area contributed by atoms with Crippen LogP contribution in [0.15, 0.2) is 0 Å². The molecule has 0 N–H and O–H groups in total. The van der Waals surface area contributed by atoms with E-state index in [0.717, 1.165) is 29.6 Å². The number of hydrogen-bond acceptors (Lipinski definition) is 0. The van der Waals surface area contributed by atoms with Gasteiger partial charge in [0.25, 0.3) is 0 Å². The van der Waals surface area contributed by atoms with Crippen LogP contribution in [0.4, 0.5) is 0 Å². The fourth-order valence-electron chi connectivity index (χ4n) is 6.65. The minimum absolute atomic E-state index is 1.00. The van der Waals surface area contributed by atoms with Crippen LogP contribution < -0.4 is 0 Å². The third-order valence-electron chi connectivity index (χ3n) is 8.28. The minimum atomic E-state index is 1.00. The molecule has 3 saturated carbocycles. The Morgan fingerprint density at radius 2 is 0.655 bits per heavy atom. The van der Waals surface area contributed by atoms with Gasteiger partial charge in [0.2, 0.25) is 0 Å². The van der Waals surface area contributed by atoms with Crippen molar-refractivity contribution in [2.75, 3.05) is 0 Å². The zero-order valence-electron chi connectivity index (χ0n) is 21.3. The van der Waals surface area contributed by atoms with E-state index in [2.05, 4.69) is 6.92 Å². The SMILES string of the molecule is CC.CC.CC1CCCC(C2CCCCCC(C3CCCCCCC3)C2)CCC1. The molecule has 174 valence electrons. The largest absolute Gasteiger partial charge is 0.0683 e. The van der Waals surface area contributed by atoms with Crippen LogP contribution >= 0.6 is 0 Å². The third kappa shape index (κ3) is 10.7. The second-order valence-electron chi connectivity index (χ2n) is 10.2. The van der Waals surface area contributed by atoms with E-state index in [1.807, 2.05) is 27.7 Å². The molecule has 3 rings (SSSR count). The molecule has 0 aromatic heterocycles. The van der Waals surface area contributed by atoms with Gasteiger partial charge in [0.05, 0.1) is 0 Å². The second-order valence-corrected chi connectivity index (χ2v) is 10.2. The summed E-state index contributed by atoms with van der Waals surface area (Å²) in [5, 5.41) is 0. The van der Waals surface area contributed by atoms with Crippen LogP contribution in [0, 0.1) is 29.6 Å². The van der Waals surface area contributed by atoms with Crippen LogP contribution in [0.2, 0.25) is 0 Å². The van der Waals surface area contributed by atoms with E-state index in [9.17, 15) is 0 Å². The van der Waals surface area contributed by atoms with Crippen LogP contribution in [0.5, 0.6) is 0 Å². The molecular formula is C29H58. The van der Waals surface area contributed by atoms with E-state index in [-0.39, 0.29) is 0 Å². The van der Waals surface area contributed by atoms with Gasteiger partial charge in [-0.05, 0) is 36.0 Å². The predicted octanol–water partition coefficient (Wildman–Crippen LogP) is 10.6. The summed E-state index contributed by atoms with van der Waals surface area (Å²) in [4.78, 5) is 0. The van der Waals surface area contributed by atoms with Crippen molar-refractivity contribution in [2.45, 2.75) is 157 Å². The second kappa shape index (κ2) is 17.7. The first kappa shape index (κ1) is 27.0. The van der Waals surface area contributed by atoms with Gasteiger partial charge in [-0.25, -0.2) is 0 Å². The Balaban J connectivity index is 0.000000989. The van der Waals surface area contributed by atoms with Gasteiger partial charge in [0.1, 0.15) is 0 Å². The van der Waals surface area contributed by atoms with Crippen molar-refractivity contribution in [2.24, 2.45) is 29.6 Å². The van der Waals surface area contributed by atoms with Crippen molar-refractivity contribution in [3.8, 4) is 0 Å². The van der Waals surface area contributed by atoms with E-state index in [1.165, 1.54) is 77.0 Å². The van der Waals surface area contributed by atoms with Gasteiger partial charge in [-0.2, -0.15) is 0 Å². The molecular weight excluding hydrogens is 348 g/mol. The Labute approximate surface area is 186 Å². The van der Waals surface area contributed by atoms with Crippen LogP contribution in [0.1, 0.15) is 157 Å². The zero-order valence-corrected chi connectivity index (χ0v) is 21.3. The van der Waals surface area contributed by atoms with Crippen molar-refractivity contribution < 1.29 is 0 Å². The van der Waals surface area contributed by atoms with Crippen LogP contribution in [-0.4, -0.2) is 0 Å². The molecule has 0 nitrogen and oxygen atoms in total. The molecule has 0 bridgehead atoms. The quantitative estimate of drug-likeness (QED) is 0.427. The smallest absolute Gasteiger partial charge is 0.0383 e. The highest BCUT2D eigenvalue weighted by molar-refractivity contribution is 4.82. The van der Waals surface area contributed by atoms with E-state index in [1.54, 1.807) is 44.9 Å². The molecule has 0 heteroatoms. The van der Waals surface area contributed by atoms with Crippen molar-refractivity contribution in [3.63, 3.8) is 0 Å². The number of rotatable bonds is 2. The molecule has 0 aromatic carbocycles. The summed E-state index contributed by atoms with van der Waals surface area (Å²) >= 11 is 0. The molecule has 0 spiro atoms. The highest BCUT2D eigenvalue weighted by Gasteiger charge is 2.30. The Hall–Kier alpha value is 0. The zero-order chi connectivity index (χ0) is 21.3. The number of hydrogen-bond donors (Lipinski definition) is 0. The molecule has 0 radical (unpaired) electrons. The lowest BCUT2D eigenvalue weighted by atomic mass is 9.68. The first-order valence-electron chi connectivity index (χ1n) is 14.3. The summed E-state index contributed by atoms with van der Waals surface area (Å²) in [6.07, 6.45) is 29.3. The Bertz CT molecular complexity index is 328. The third-order valence-corrected chi connectivity index (χ3v) is 8.28. The molecule has 3 fully saturated rings. The average molecular weight is 407 g/mol. The summed E-state index contributed by atoms with van der Waals surface area (Å²) < 4.78 is 0. The van der Waals surface area contributed by atoms with Gasteiger partial charge >= 0.3 is 0 Å². The molecule has 2 atom stereocenters. The van der Waals surface area contributed by atoms with Gasteiger partial charge < -0.3 is 0 Å². The van der Waals surface area contributed by atoms with Crippen LogP contribution in [-0.2, 0) is 0 Å². The molecule has 0 saturated heterocycles. The highest BCUT2D eigenvalue weighted by Crippen LogP contribution is 2.42. The van der Waals surface area contributed by atoms with Crippen LogP contribution in [0.25, 0.3) is 0 Å². The standard InChI is InChI=1S/C25H46.2C2H6/c1-21-12-10-18-23(19-11-13-21)25-17-9-5-8-16-24(20-25)22-14-6-3-2-4-7-15-22;2*1-2/h21-25H,2-20H2,1H3;2*1-2H3. The van der Waals surface area contributed by atoms with Gasteiger partial charge in [-0.15, -0.1) is 0 Å². The highest BCUT2D eigenvalue weighted by atomic mass is 14.4. The average Bonchev–Trinajstić information content (AvgIpc) is 2.69. The minimum Gasteiger partial charge on any atom is -0.0683 e. The monoisotopic (exact) mass is 406 g/mol. The van der Waals surface area contributed by atoms with Crippen molar-refractivity contribution in [1.29, 1.82) is 0 Å². The van der Waals surface area contributed by atoms with E-state index in [4.69, 9.17) is 0 Å². The Kier molecular flexibility index (Phi) is 16.5. The van der Waals surface area contributed by atoms with E-state index >= 15 is 0 Å². The van der Waals surface area contributed by atoms with E-state index in [0.29, 0.717) is 0 Å². The topological polar surface area (TPSA) is 0 Å². The summed E-state index contributed by atoms with van der Waals surface area (Å²) in [6, 6.07) is 0. The van der Waals surface area contributed by atoms with Gasteiger partial charge in [0, 0.05) is 0 Å². The maximum Gasteiger partial charge on any atom is -0.0383 e. The summed E-state index contributed by atoms with van der Waals surface area (Å²) in [6.45, 7) is 10.5. The molecule has 0 amide bonds. The molecule has 0 aromatic rings. The summed E-state index contributed by atoms with van der Waals surface area (Å²) in [5.41, 5.74) is 0. The van der Waals surface area contributed by atoms with E-state index < -0.39 is 0 Å². The molecule has 2 unspecified atom stereocenters. The van der Waals surface area contributed by atoms with Gasteiger partial charge in [-0.1, -0.05) is 150 Å². The van der Waals surface area contributed by atoms with Crippen molar-refractivity contribution in [3.05, 3.63) is 0 Å². The van der Waals surface area contributed by atoms with Gasteiger partial charge in [-0.3, -0.25) is 0 Å². The first-order chi connectivity index (χ1) is 14.3. The maximum atomic E-state index is 2.49. The Morgan fingerprint density at radius 3 is 1.10 bits per heavy atom. The summed E-state index contributed by atoms with van der Waals surface area (Å²) in [7, 11) is 0. The fourth-order valence-corrected chi connectivity index (χ4v) is 6.65. The lowest BCUT2D eigenvalue weighted by molar-refractivity contribution is 0.139. The lowest BCUT2D eigenvalue weighted by Crippen LogP contribution is -2.26. The predicted molar refractivity (Wildman–Crippen MR) is 134 cm³/mol. The normalized spacial score (nSPS) is 33.0. The first-order valence-corrected chi connectivity index (χ1v) is 14.3.